The Balaban J connectivity index is 1.60. The van der Waals surface area contributed by atoms with Gasteiger partial charge in [0.2, 0.25) is 0 Å². The summed E-state index contributed by atoms with van der Waals surface area (Å²) in [5.41, 5.74) is 1.53. The zero-order valence-electron chi connectivity index (χ0n) is 15.9. The zero-order valence-corrected chi connectivity index (χ0v) is 17.5. The predicted octanol–water partition coefficient (Wildman–Crippen LogP) is 3.71. The Labute approximate surface area is 174 Å². The molecule has 0 amide bonds. The van der Waals surface area contributed by atoms with Crippen molar-refractivity contribution in [3.63, 3.8) is 0 Å². The molecule has 3 aromatic rings. The van der Waals surface area contributed by atoms with Crippen molar-refractivity contribution in [3.8, 4) is 17.0 Å². The molecule has 2 aromatic heterocycles. The number of halogens is 2. The first kappa shape index (κ1) is 19.1. The summed E-state index contributed by atoms with van der Waals surface area (Å²) in [6.07, 6.45) is -2.58. The van der Waals surface area contributed by atoms with Crippen LogP contribution in [-0.2, 0) is 0 Å². The minimum absolute atomic E-state index is 0.00940. The standard InChI is InChI=1S/C19H20F2N4O2S2/c1-18(2,26)19(20,21)27-14-4-3-12(13-8-28-9-22-13)15-16(14)29-17(24-15)25-6-10-5-11(7-25)23-10/h3-4,8-11,23,26H,5-7H2,1-2H3. The summed E-state index contributed by atoms with van der Waals surface area (Å²) in [7, 11) is 0. The third-order valence-electron chi connectivity index (χ3n) is 5.35. The normalized spacial score (nSPS) is 22.0. The number of hydrogen-bond acceptors (Lipinski definition) is 8. The molecule has 6 rings (SSSR count). The van der Waals surface area contributed by atoms with Gasteiger partial charge >= 0.3 is 6.11 Å². The molecule has 29 heavy (non-hydrogen) atoms. The van der Waals surface area contributed by atoms with Gasteiger partial charge in [0, 0.05) is 36.1 Å². The van der Waals surface area contributed by atoms with Gasteiger partial charge in [-0.3, -0.25) is 0 Å². The monoisotopic (exact) mass is 438 g/mol. The third kappa shape index (κ3) is 3.27. The van der Waals surface area contributed by atoms with Crippen LogP contribution >= 0.6 is 22.7 Å². The van der Waals surface area contributed by atoms with Crippen molar-refractivity contribution in [2.45, 2.75) is 44.1 Å². The van der Waals surface area contributed by atoms with E-state index in [9.17, 15) is 13.9 Å². The Morgan fingerprint density at radius 2 is 2.00 bits per heavy atom. The number of aliphatic hydroxyl groups is 1. The maximum atomic E-state index is 14.4. The Kier molecular flexibility index (Phi) is 4.32. The molecule has 2 bridgehead atoms. The van der Waals surface area contributed by atoms with Crippen molar-refractivity contribution < 1.29 is 18.6 Å². The Hall–Kier alpha value is -1.88. The zero-order chi connectivity index (χ0) is 20.4. The lowest BCUT2D eigenvalue weighted by atomic mass is 9.92. The van der Waals surface area contributed by atoms with Crippen molar-refractivity contribution in [2.24, 2.45) is 0 Å². The van der Waals surface area contributed by atoms with Crippen LogP contribution in [0.1, 0.15) is 20.3 Å². The topological polar surface area (TPSA) is 70.5 Å². The molecule has 3 aliphatic heterocycles. The van der Waals surface area contributed by atoms with Gasteiger partial charge in [-0.2, -0.15) is 8.78 Å². The van der Waals surface area contributed by atoms with Crippen molar-refractivity contribution in [1.29, 1.82) is 0 Å². The van der Waals surface area contributed by atoms with Crippen LogP contribution in [0.15, 0.2) is 23.0 Å². The van der Waals surface area contributed by atoms with E-state index in [-0.39, 0.29) is 5.75 Å². The molecule has 2 atom stereocenters. The summed E-state index contributed by atoms with van der Waals surface area (Å²) in [4.78, 5) is 11.3. The van der Waals surface area contributed by atoms with Crippen LogP contribution in [0.4, 0.5) is 13.9 Å². The Bertz CT molecular complexity index is 1030. The van der Waals surface area contributed by atoms with E-state index in [0.29, 0.717) is 22.3 Å². The number of nitrogens with one attached hydrogen (secondary N) is 1. The smallest absolute Gasteiger partial charge is 0.426 e. The van der Waals surface area contributed by atoms with Crippen molar-refractivity contribution >= 4 is 38.0 Å². The van der Waals surface area contributed by atoms with Gasteiger partial charge in [0.05, 0.1) is 21.4 Å². The van der Waals surface area contributed by atoms with Gasteiger partial charge in [0.15, 0.2) is 10.7 Å². The molecule has 6 nitrogen and oxygen atoms in total. The molecule has 0 spiro atoms. The van der Waals surface area contributed by atoms with E-state index in [2.05, 4.69) is 15.2 Å². The molecule has 3 saturated heterocycles. The van der Waals surface area contributed by atoms with Crippen LogP contribution in [0.3, 0.4) is 0 Å². The van der Waals surface area contributed by atoms with E-state index < -0.39 is 11.7 Å². The summed E-state index contributed by atoms with van der Waals surface area (Å²) in [6, 6.07) is 4.11. The molecule has 2 N–H and O–H groups in total. The lowest BCUT2D eigenvalue weighted by Crippen LogP contribution is -2.67. The number of piperidine rings is 1. The molecule has 0 aliphatic carbocycles. The van der Waals surface area contributed by atoms with E-state index in [0.717, 1.165) is 49.7 Å². The molecule has 10 heteroatoms. The van der Waals surface area contributed by atoms with Crippen molar-refractivity contribution in [2.75, 3.05) is 18.0 Å². The fourth-order valence-electron chi connectivity index (χ4n) is 3.67. The summed E-state index contributed by atoms with van der Waals surface area (Å²) < 4.78 is 34.4. The molecule has 5 heterocycles. The van der Waals surface area contributed by atoms with Gasteiger partial charge in [-0.15, -0.1) is 11.3 Å². The highest BCUT2D eigenvalue weighted by atomic mass is 32.1. The second kappa shape index (κ2) is 6.56. The fourth-order valence-corrected chi connectivity index (χ4v) is 5.28. The van der Waals surface area contributed by atoms with E-state index in [1.807, 2.05) is 5.38 Å². The van der Waals surface area contributed by atoms with Crippen LogP contribution in [0, 0.1) is 0 Å². The maximum absolute atomic E-state index is 14.4. The highest BCUT2D eigenvalue weighted by Gasteiger charge is 2.49. The summed E-state index contributed by atoms with van der Waals surface area (Å²) in [6.45, 7) is 3.74. The summed E-state index contributed by atoms with van der Waals surface area (Å²) >= 11 is 2.80. The number of fused-ring (bicyclic) bond motifs is 3. The van der Waals surface area contributed by atoms with Crippen molar-refractivity contribution in [1.82, 2.24) is 15.3 Å². The average molecular weight is 439 g/mol. The molecule has 3 fully saturated rings. The first-order valence-electron chi connectivity index (χ1n) is 9.33. The number of nitrogens with zero attached hydrogens (tertiary/aromatic N) is 3. The minimum Gasteiger partial charge on any atom is -0.429 e. The number of thiazole rings is 2. The Morgan fingerprint density at radius 1 is 1.28 bits per heavy atom. The van der Waals surface area contributed by atoms with Crippen LogP contribution in [0.2, 0.25) is 0 Å². The van der Waals surface area contributed by atoms with E-state index in [1.54, 1.807) is 11.6 Å². The quantitative estimate of drug-likeness (QED) is 0.633. The van der Waals surface area contributed by atoms with Crippen LogP contribution in [0.5, 0.6) is 5.75 Å². The summed E-state index contributed by atoms with van der Waals surface area (Å²) in [5.74, 6) is 0.00940. The molecule has 0 saturated carbocycles. The molecule has 1 aromatic carbocycles. The van der Waals surface area contributed by atoms with E-state index in [4.69, 9.17) is 9.72 Å². The van der Waals surface area contributed by atoms with Crippen LogP contribution < -0.4 is 15.0 Å². The fraction of sp³-hybridized carbons (Fsp3) is 0.474. The van der Waals surface area contributed by atoms with Gasteiger partial charge < -0.3 is 20.1 Å². The van der Waals surface area contributed by atoms with Gasteiger partial charge in [0.1, 0.15) is 5.75 Å². The van der Waals surface area contributed by atoms with Gasteiger partial charge in [-0.05, 0) is 32.4 Å². The first-order valence-corrected chi connectivity index (χ1v) is 11.1. The van der Waals surface area contributed by atoms with Gasteiger partial charge in [0.25, 0.3) is 0 Å². The number of aromatic nitrogens is 2. The SMILES string of the molecule is CC(C)(O)C(F)(F)Oc1ccc(-c2cscn2)c2nc(N3CC4CC(C3)N4)sc12. The lowest BCUT2D eigenvalue weighted by molar-refractivity contribution is -0.275. The highest BCUT2D eigenvalue weighted by Crippen LogP contribution is 2.44. The number of alkyl halides is 2. The predicted molar refractivity (Wildman–Crippen MR) is 110 cm³/mol. The second-order valence-corrected chi connectivity index (χ2v) is 9.73. The van der Waals surface area contributed by atoms with Gasteiger partial charge in [-0.25, -0.2) is 9.97 Å². The van der Waals surface area contributed by atoms with E-state index in [1.165, 1.54) is 28.7 Å². The van der Waals surface area contributed by atoms with Crippen LogP contribution in [0.25, 0.3) is 21.5 Å². The molecule has 2 unspecified atom stereocenters. The van der Waals surface area contributed by atoms with Crippen LogP contribution in [-0.4, -0.2) is 52.0 Å². The second-order valence-electron chi connectivity index (χ2n) is 8.04. The minimum atomic E-state index is -3.75. The lowest BCUT2D eigenvalue weighted by Gasteiger charge is -2.48. The number of hydrogen-bond donors (Lipinski definition) is 2. The van der Waals surface area contributed by atoms with Crippen molar-refractivity contribution in [3.05, 3.63) is 23.0 Å². The van der Waals surface area contributed by atoms with Gasteiger partial charge in [-0.1, -0.05) is 11.3 Å². The molecule has 3 aliphatic rings. The number of anilines is 1. The number of benzene rings is 1. The first-order chi connectivity index (χ1) is 13.7. The highest BCUT2D eigenvalue weighted by molar-refractivity contribution is 7.22. The number of piperazine rings is 1. The van der Waals surface area contributed by atoms with E-state index >= 15 is 0 Å². The number of rotatable bonds is 5. The third-order valence-corrected chi connectivity index (χ3v) is 7.06. The average Bonchev–Trinajstić information content (AvgIpc) is 3.30. The molecular formula is C19H20F2N4O2S2. The number of ether oxygens (including phenoxy) is 1. The summed E-state index contributed by atoms with van der Waals surface area (Å²) in [5, 5.41) is 16.0. The molecule has 0 radical (unpaired) electrons. The molecule has 154 valence electrons. The maximum Gasteiger partial charge on any atom is 0.426 e. The molecular weight excluding hydrogens is 418 g/mol. The largest absolute Gasteiger partial charge is 0.429 e. The Morgan fingerprint density at radius 3 is 2.62 bits per heavy atom.